The smallest absolute Gasteiger partial charge is 0.240 e. The second-order valence-electron chi connectivity index (χ2n) is 5.36. The Balaban J connectivity index is 1.55. The zero-order valence-corrected chi connectivity index (χ0v) is 13.9. The van der Waals surface area contributed by atoms with Crippen molar-refractivity contribution in [2.45, 2.75) is 18.9 Å². The van der Waals surface area contributed by atoms with Crippen LogP contribution in [0.1, 0.15) is 12.8 Å². The SMILES string of the molecule is O=C(CN1CCC[C@H]1C(=O)N1CCSCC1)Nc1nncs1. The van der Waals surface area contributed by atoms with Gasteiger partial charge in [-0.3, -0.25) is 19.8 Å². The summed E-state index contributed by atoms with van der Waals surface area (Å²) in [6.45, 7) is 2.68. The van der Waals surface area contributed by atoms with E-state index in [1.54, 1.807) is 5.51 Å². The summed E-state index contributed by atoms with van der Waals surface area (Å²) in [7, 11) is 0. The van der Waals surface area contributed by atoms with Crippen LogP contribution in [-0.4, -0.2) is 75.5 Å². The van der Waals surface area contributed by atoms with Gasteiger partial charge >= 0.3 is 0 Å². The molecule has 2 aliphatic rings. The maximum Gasteiger partial charge on any atom is 0.240 e. The number of aromatic nitrogens is 2. The lowest BCUT2D eigenvalue weighted by Crippen LogP contribution is -2.49. The van der Waals surface area contributed by atoms with Crippen molar-refractivity contribution in [1.82, 2.24) is 20.0 Å². The fraction of sp³-hybridized carbons (Fsp3) is 0.692. The Bertz CT molecular complexity index is 519. The van der Waals surface area contributed by atoms with Crippen LogP contribution in [0.25, 0.3) is 0 Å². The van der Waals surface area contributed by atoms with Crippen LogP contribution in [0.5, 0.6) is 0 Å². The van der Waals surface area contributed by atoms with E-state index >= 15 is 0 Å². The van der Waals surface area contributed by atoms with E-state index in [0.717, 1.165) is 44.0 Å². The van der Waals surface area contributed by atoms with E-state index in [1.807, 2.05) is 21.6 Å². The first kappa shape index (κ1) is 15.7. The molecule has 0 saturated carbocycles. The molecular weight excluding hydrogens is 322 g/mol. The first-order valence-electron chi connectivity index (χ1n) is 7.40. The largest absolute Gasteiger partial charge is 0.340 e. The van der Waals surface area contributed by atoms with Gasteiger partial charge < -0.3 is 4.90 Å². The summed E-state index contributed by atoms with van der Waals surface area (Å²) >= 11 is 3.18. The molecule has 0 bridgehead atoms. The maximum atomic E-state index is 12.6. The molecule has 3 heterocycles. The summed E-state index contributed by atoms with van der Waals surface area (Å²) in [6, 6.07) is -0.150. The highest BCUT2D eigenvalue weighted by atomic mass is 32.2. The van der Waals surface area contributed by atoms with E-state index in [0.29, 0.717) is 5.13 Å². The van der Waals surface area contributed by atoms with Gasteiger partial charge in [-0.2, -0.15) is 11.8 Å². The number of hydrogen-bond donors (Lipinski definition) is 1. The number of anilines is 1. The van der Waals surface area contributed by atoms with E-state index in [-0.39, 0.29) is 24.4 Å². The third-order valence-corrected chi connectivity index (χ3v) is 5.47. The molecule has 2 amide bonds. The van der Waals surface area contributed by atoms with Crippen molar-refractivity contribution in [2.75, 3.05) is 43.0 Å². The van der Waals surface area contributed by atoms with Gasteiger partial charge in [0.1, 0.15) is 5.51 Å². The number of nitrogens with zero attached hydrogens (tertiary/aromatic N) is 4. The van der Waals surface area contributed by atoms with Crippen molar-refractivity contribution in [3.8, 4) is 0 Å². The summed E-state index contributed by atoms with van der Waals surface area (Å²) in [5.41, 5.74) is 1.58. The third kappa shape index (κ3) is 3.76. The zero-order valence-electron chi connectivity index (χ0n) is 12.2. The molecule has 120 valence electrons. The van der Waals surface area contributed by atoms with Crippen molar-refractivity contribution in [2.24, 2.45) is 0 Å². The van der Waals surface area contributed by atoms with Gasteiger partial charge in [0.05, 0.1) is 12.6 Å². The Morgan fingerprint density at radius 1 is 1.32 bits per heavy atom. The summed E-state index contributed by atoms with van der Waals surface area (Å²) in [5, 5.41) is 10.7. The quantitative estimate of drug-likeness (QED) is 0.860. The van der Waals surface area contributed by atoms with Gasteiger partial charge in [0.25, 0.3) is 0 Å². The molecule has 1 aromatic rings. The standard InChI is InChI=1S/C13H19N5O2S2/c19-11(15-13-16-14-9-22-13)8-18-3-1-2-10(18)12(20)17-4-6-21-7-5-17/h9-10H,1-8H2,(H,15,16,19)/t10-/m0/s1. The molecule has 2 aliphatic heterocycles. The van der Waals surface area contributed by atoms with Gasteiger partial charge in [-0.05, 0) is 19.4 Å². The number of nitrogens with one attached hydrogen (secondary N) is 1. The molecule has 0 radical (unpaired) electrons. The Kier molecular flexibility index (Phi) is 5.27. The van der Waals surface area contributed by atoms with Crippen LogP contribution in [0, 0.1) is 0 Å². The first-order chi connectivity index (χ1) is 10.7. The highest BCUT2D eigenvalue weighted by molar-refractivity contribution is 7.99. The van der Waals surface area contributed by atoms with Crippen LogP contribution in [0.4, 0.5) is 5.13 Å². The second-order valence-corrected chi connectivity index (χ2v) is 7.42. The third-order valence-electron chi connectivity index (χ3n) is 3.92. The van der Waals surface area contributed by atoms with Gasteiger partial charge in [0.15, 0.2) is 0 Å². The lowest BCUT2D eigenvalue weighted by atomic mass is 10.2. The highest BCUT2D eigenvalue weighted by Crippen LogP contribution is 2.21. The van der Waals surface area contributed by atoms with Crippen molar-refractivity contribution in [3.05, 3.63) is 5.51 Å². The van der Waals surface area contributed by atoms with Gasteiger partial charge in [-0.25, -0.2) is 0 Å². The number of rotatable bonds is 4. The van der Waals surface area contributed by atoms with Gasteiger partial charge in [0.2, 0.25) is 16.9 Å². The first-order valence-corrected chi connectivity index (χ1v) is 9.44. The number of likely N-dealkylation sites (tertiary alicyclic amines) is 1. The molecule has 7 nitrogen and oxygen atoms in total. The summed E-state index contributed by atoms with van der Waals surface area (Å²) in [5.74, 6) is 2.07. The molecule has 0 aliphatic carbocycles. The molecule has 22 heavy (non-hydrogen) atoms. The number of thioether (sulfide) groups is 1. The Hall–Kier alpha value is -1.19. The van der Waals surface area contributed by atoms with E-state index in [2.05, 4.69) is 15.5 Å². The normalized spacial score (nSPS) is 22.7. The van der Waals surface area contributed by atoms with E-state index in [4.69, 9.17) is 0 Å². The molecule has 1 atom stereocenters. The molecular formula is C13H19N5O2S2. The van der Waals surface area contributed by atoms with Gasteiger partial charge in [-0.15, -0.1) is 10.2 Å². The highest BCUT2D eigenvalue weighted by Gasteiger charge is 2.35. The Morgan fingerprint density at radius 3 is 2.86 bits per heavy atom. The average Bonchev–Trinajstić information content (AvgIpc) is 3.19. The molecule has 3 rings (SSSR count). The Labute approximate surface area is 137 Å². The molecule has 1 aromatic heterocycles. The summed E-state index contributed by atoms with van der Waals surface area (Å²) in [6.07, 6.45) is 1.81. The van der Waals surface area contributed by atoms with Crippen LogP contribution in [0.2, 0.25) is 0 Å². The van der Waals surface area contributed by atoms with Crippen LogP contribution in [0.3, 0.4) is 0 Å². The molecule has 0 aromatic carbocycles. The van der Waals surface area contributed by atoms with Crippen molar-refractivity contribution in [1.29, 1.82) is 0 Å². The predicted octanol–water partition coefficient (Wildman–Crippen LogP) is 0.516. The summed E-state index contributed by atoms with van der Waals surface area (Å²) in [4.78, 5) is 28.6. The van der Waals surface area contributed by atoms with E-state index in [1.165, 1.54) is 11.3 Å². The fourth-order valence-electron chi connectivity index (χ4n) is 2.86. The molecule has 1 N–H and O–H groups in total. The molecule has 9 heteroatoms. The number of carbonyl (C=O) groups excluding carboxylic acids is 2. The second kappa shape index (κ2) is 7.38. The minimum Gasteiger partial charge on any atom is -0.340 e. The van der Waals surface area contributed by atoms with E-state index in [9.17, 15) is 9.59 Å². The van der Waals surface area contributed by atoms with Crippen molar-refractivity contribution >= 4 is 40.0 Å². The lowest BCUT2D eigenvalue weighted by molar-refractivity contribution is -0.136. The minimum atomic E-state index is -0.150. The van der Waals surface area contributed by atoms with Crippen LogP contribution in [0.15, 0.2) is 5.51 Å². The topological polar surface area (TPSA) is 78.4 Å². The van der Waals surface area contributed by atoms with E-state index < -0.39 is 0 Å². The van der Waals surface area contributed by atoms with Gasteiger partial charge in [0, 0.05) is 24.6 Å². The number of carbonyl (C=O) groups is 2. The molecule has 0 spiro atoms. The van der Waals surface area contributed by atoms with Crippen LogP contribution in [-0.2, 0) is 9.59 Å². The molecule has 0 unspecified atom stereocenters. The average molecular weight is 341 g/mol. The number of hydrogen-bond acceptors (Lipinski definition) is 7. The van der Waals surface area contributed by atoms with Crippen molar-refractivity contribution < 1.29 is 9.59 Å². The molecule has 2 saturated heterocycles. The number of amides is 2. The maximum absolute atomic E-state index is 12.6. The van der Waals surface area contributed by atoms with Crippen LogP contribution < -0.4 is 5.32 Å². The molecule has 2 fully saturated rings. The van der Waals surface area contributed by atoms with Gasteiger partial charge in [-0.1, -0.05) is 11.3 Å². The minimum absolute atomic E-state index is 0.134. The van der Waals surface area contributed by atoms with Crippen LogP contribution >= 0.6 is 23.1 Å². The zero-order chi connectivity index (χ0) is 15.4. The fourth-order valence-corrected chi connectivity index (χ4v) is 4.22. The van der Waals surface area contributed by atoms with Crippen molar-refractivity contribution in [3.63, 3.8) is 0 Å². The monoisotopic (exact) mass is 341 g/mol. The lowest BCUT2D eigenvalue weighted by Gasteiger charge is -2.32. The Morgan fingerprint density at radius 2 is 2.14 bits per heavy atom. The summed E-state index contributed by atoms with van der Waals surface area (Å²) < 4.78 is 0. The predicted molar refractivity (Wildman–Crippen MR) is 87.0 cm³/mol.